The van der Waals surface area contributed by atoms with Gasteiger partial charge in [0.15, 0.2) is 0 Å². The Bertz CT molecular complexity index is 167. The average Bonchev–Trinajstić information content (AvgIpc) is 2.91. The van der Waals surface area contributed by atoms with Crippen molar-refractivity contribution in [2.24, 2.45) is 5.92 Å². The largest absolute Gasteiger partial charge is 0.376 e. The topological polar surface area (TPSA) is 30.5 Å². The predicted molar refractivity (Wildman–Crippen MR) is 55.4 cm³/mol. The lowest BCUT2D eigenvalue weighted by Gasteiger charge is -2.28. The van der Waals surface area contributed by atoms with Crippen molar-refractivity contribution < 1.29 is 9.47 Å². The lowest BCUT2D eigenvalue weighted by Crippen LogP contribution is -2.42. The molecule has 1 atom stereocenters. The summed E-state index contributed by atoms with van der Waals surface area (Å²) in [5.74, 6) is 0.877. The molecule has 3 nitrogen and oxygen atoms in total. The van der Waals surface area contributed by atoms with E-state index in [-0.39, 0.29) is 0 Å². The zero-order chi connectivity index (χ0) is 9.80. The standard InChI is InChI=1S/C11H21NO2/c1-2-5-12-11(9-3-4-9)8-14-10-6-13-7-10/h9-12H,2-8H2,1H3. The Labute approximate surface area is 86.2 Å². The molecule has 0 amide bonds. The summed E-state index contributed by atoms with van der Waals surface area (Å²) in [7, 11) is 0. The molecule has 1 aliphatic carbocycles. The Kier molecular flexibility index (Phi) is 3.79. The van der Waals surface area contributed by atoms with E-state index in [1.165, 1.54) is 19.3 Å². The first-order valence-corrected chi connectivity index (χ1v) is 5.83. The minimum Gasteiger partial charge on any atom is -0.376 e. The van der Waals surface area contributed by atoms with Crippen LogP contribution in [0.2, 0.25) is 0 Å². The van der Waals surface area contributed by atoms with Crippen molar-refractivity contribution in [1.82, 2.24) is 5.32 Å². The van der Waals surface area contributed by atoms with E-state index in [1.54, 1.807) is 0 Å². The highest BCUT2D eigenvalue weighted by Crippen LogP contribution is 2.33. The first kappa shape index (κ1) is 10.4. The van der Waals surface area contributed by atoms with E-state index in [4.69, 9.17) is 9.47 Å². The number of hydrogen-bond donors (Lipinski definition) is 1. The van der Waals surface area contributed by atoms with Gasteiger partial charge in [0.2, 0.25) is 0 Å². The molecule has 82 valence electrons. The second kappa shape index (κ2) is 5.10. The van der Waals surface area contributed by atoms with Gasteiger partial charge in [0.25, 0.3) is 0 Å². The molecule has 2 rings (SSSR count). The highest BCUT2D eigenvalue weighted by atomic mass is 16.6. The maximum atomic E-state index is 5.75. The summed E-state index contributed by atoms with van der Waals surface area (Å²) in [6.45, 7) is 5.79. The zero-order valence-corrected chi connectivity index (χ0v) is 9.00. The molecule has 2 fully saturated rings. The highest BCUT2D eigenvalue weighted by Gasteiger charge is 2.32. The van der Waals surface area contributed by atoms with E-state index in [1.807, 2.05) is 0 Å². The van der Waals surface area contributed by atoms with Crippen LogP contribution in [0.1, 0.15) is 26.2 Å². The summed E-state index contributed by atoms with van der Waals surface area (Å²) >= 11 is 0. The number of nitrogens with one attached hydrogen (secondary N) is 1. The van der Waals surface area contributed by atoms with Gasteiger partial charge in [-0.15, -0.1) is 0 Å². The molecule has 1 unspecified atom stereocenters. The molecular weight excluding hydrogens is 178 g/mol. The van der Waals surface area contributed by atoms with Gasteiger partial charge in [-0.25, -0.2) is 0 Å². The van der Waals surface area contributed by atoms with Gasteiger partial charge in [-0.1, -0.05) is 6.92 Å². The first-order valence-electron chi connectivity index (χ1n) is 5.83. The third kappa shape index (κ3) is 2.94. The van der Waals surface area contributed by atoms with Crippen molar-refractivity contribution in [3.63, 3.8) is 0 Å². The van der Waals surface area contributed by atoms with Gasteiger partial charge in [-0.3, -0.25) is 0 Å². The third-order valence-corrected chi connectivity index (χ3v) is 2.97. The molecule has 0 spiro atoms. The SMILES string of the molecule is CCCNC(COC1COC1)C1CC1. The first-order chi connectivity index (χ1) is 6.90. The molecule has 0 aromatic carbocycles. The van der Waals surface area contributed by atoms with E-state index < -0.39 is 0 Å². The van der Waals surface area contributed by atoms with E-state index >= 15 is 0 Å². The second-order valence-corrected chi connectivity index (χ2v) is 4.39. The molecular formula is C11H21NO2. The maximum absolute atomic E-state index is 5.75. The fourth-order valence-corrected chi connectivity index (χ4v) is 1.74. The summed E-state index contributed by atoms with van der Waals surface area (Å²) in [6, 6.07) is 0.593. The molecule has 1 heterocycles. The highest BCUT2D eigenvalue weighted by molar-refractivity contribution is 4.86. The van der Waals surface area contributed by atoms with Crippen LogP contribution in [0.5, 0.6) is 0 Å². The van der Waals surface area contributed by atoms with Gasteiger partial charge in [-0.05, 0) is 31.7 Å². The van der Waals surface area contributed by atoms with Crippen LogP contribution in [0.25, 0.3) is 0 Å². The predicted octanol–water partition coefficient (Wildman–Crippen LogP) is 1.18. The van der Waals surface area contributed by atoms with Gasteiger partial charge < -0.3 is 14.8 Å². The van der Waals surface area contributed by atoms with Gasteiger partial charge in [0, 0.05) is 6.04 Å². The van der Waals surface area contributed by atoms with Crippen molar-refractivity contribution in [2.75, 3.05) is 26.4 Å². The molecule has 1 N–H and O–H groups in total. The van der Waals surface area contributed by atoms with Gasteiger partial charge in [-0.2, -0.15) is 0 Å². The van der Waals surface area contributed by atoms with Crippen LogP contribution >= 0.6 is 0 Å². The Morgan fingerprint density at radius 2 is 2.21 bits per heavy atom. The van der Waals surface area contributed by atoms with Gasteiger partial charge in [0.1, 0.15) is 6.10 Å². The summed E-state index contributed by atoms with van der Waals surface area (Å²) in [5.41, 5.74) is 0. The monoisotopic (exact) mass is 199 g/mol. The summed E-state index contributed by atoms with van der Waals surface area (Å²) in [5, 5.41) is 3.57. The average molecular weight is 199 g/mol. The minimum absolute atomic E-state index is 0.375. The van der Waals surface area contributed by atoms with E-state index in [0.717, 1.165) is 32.3 Å². The fourth-order valence-electron chi connectivity index (χ4n) is 1.74. The normalized spacial score (nSPS) is 24.6. The van der Waals surface area contributed by atoms with Crippen LogP contribution < -0.4 is 5.32 Å². The maximum Gasteiger partial charge on any atom is 0.104 e. The molecule has 14 heavy (non-hydrogen) atoms. The van der Waals surface area contributed by atoms with Crippen molar-refractivity contribution in [3.8, 4) is 0 Å². The Morgan fingerprint density at radius 3 is 2.71 bits per heavy atom. The van der Waals surface area contributed by atoms with Crippen LogP contribution in [0.4, 0.5) is 0 Å². The molecule has 2 aliphatic rings. The van der Waals surface area contributed by atoms with Crippen molar-refractivity contribution in [3.05, 3.63) is 0 Å². The minimum atomic E-state index is 0.375. The van der Waals surface area contributed by atoms with Crippen LogP contribution in [0.15, 0.2) is 0 Å². The van der Waals surface area contributed by atoms with Crippen LogP contribution in [0, 0.1) is 5.92 Å². The van der Waals surface area contributed by atoms with E-state index in [0.29, 0.717) is 12.1 Å². The lowest BCUT2D eigenvalue weighted by molar-refractivity contribution is -0.133. The number of hydrogen-bond acceptors (Lipinski definition) is 3. The molecule has 1 saturated heterocycles. The van der Waals surface area contributed by atoms with Gasteiger partial charge in [0.05, 0.1) is 19.8 Å². The Morgan fingerprint density at radius 1 is 1.43 bits per heavy atom. The zero-order valence-electron chi connectivity index (χ0n) is 9.00. The molecule has 1 saturated carbocycles. The summed E-state index contributed by atoms with van der Waals surface area (Å²) < 4.78 is 10.8. The Hall–Kier alpha value is -0.120. The summed E-state index contributed by atoms with van der Waals surface area (Å²) in [6.07, 6.45) is 4.34. The van der Waals surface area contributed by atoms with E-state index in [9.17, 15) is 0 Å². The summed E-state index contributed by atoms with van der Waals surface area (Å²) in [4.78, 5) is 0. The quantitative estimate of drug-likeness (QED) is 0.668. The smallest absolute Gasteiger partial charge is 0.104 e. The molecule has 0 aromatic rings. The van der Waals surface area contributed by atoms with Crippen LogP contribution in [-0.4, -0.2) is 38.5 Å². The number of ether oxygens (including phenoxy) is 2. The van der Waals surface area contributed by atoms with Crippen LogP contribution in [0.3, 0.4) is 0 Å². The molecule has 1 aliphatic heterocycles. The molecule has 3 heteroatoms. The molecule has 0 bridgehead atoms. The van der Waals surface area contributed by atoms with Gasteiger partial charge >= 0.3 is 0 Å². The third-order valence-electron chi connectivity index (χ3n) is 2.97. The lowest BCUT2D eigenvalue weighted by atomic mass is 10.2. The molecule has 0 radical (unpaired) electrons. The van der Waals surface area contributed by atoms with Crippen molar-refractivity contribution in [2.45, 2.75) is 38.3 Å². The second-order valence-electron chi connectivity index (χ2n) is 4.39. The fraction of sp³-hybridized carbons (Fsp3) is 1.00. The van der Waals surface area contributed by atoms with E-state index in [2.05, 4.69) is 12.2 Å². The number of rotatable bonds is 7. The van der Waals surface area contributed by atoms with Crippen molar-refractivity contribution >= 4 is 0 Å². The van der Waals surface area contributed by atoms with Crippen molar-refractivity contribution in [1.29, 1.82) is 0 Å². The molecule has 0 aromatic heterocycles. The van der Waals surface area contributed by atoms with Crippen LogP contribution in [-0.2, 0) is 9.47 Å². The Balaban J connectivity index is 1.61.